The normalized spacial score (nSPS) is 27.4. The number of ether oxygens (including phenoxy) is 1. The lowest BCUT2D eigenvalue weighted by molar-refractivity contribution is 0.0283. The van der Waals surface area contributed by atoms with Gasteiger partial charge in [0, 0.05) is 19.7 Å². The maximum absolute atomic E-state index is 5.78. The first kappa shape index (κ1) is 18.0. The third-order valence-corrected chi connectivity index (χ3v) is 4.25. The zero-order valence-electron chi connectivity index (χ0n) is 12.9. The highest BCUT2D eigenvalue weighted by molar-refractivity contribution is 14.0. The van der Waals surface area contributed by atoms with Crippen LogP contribution in [0.3, 0.4) is 0 Å². The first-order chi connectivity index (χ1) is 9.22. The van der Waals surface area contributed by atoms with Gasteiger partial charge in [0.15, 0.2) is 5.96 Å². The number of hydrogen-bond donors (Lipinski definition) is 2. The molecule has 0 amide bonds. The van der Waals surface area contributed by atoms with Gasteiger partial charge in [-0.15, -0.1) is 24.0 Å². The molecule has 1 saturated carbocycles. The zero-order valence-corrected chi connectivity index (χ0v) is 15.2. The molecule has 2 rings (SSSR count). The van der Waals surface area contributed by atoms with E-state index in [1.165, 1.54) is 25.7 Å². The van der Waals surface area contributed by atoms with Crippen molar-refractivity contribution in [3.63, 3.8) is 0 Å². The molecule has 1 aliphatic heterocycles. The monoisotopic (exact) mass is 395 g/mol. The van der Waals surface area contributed by atoms with E-state index < -0.39 is 0 Å². The Bertz CT molecular complexity index is 297. The Kier molecular flexibility index (Phi) is 8.17. The molecule has 118 valence electrons. The summed E-state index contributed by atoms with van der Waals surface area (Å²) < 4.78 is 5.78. The van der Waals surface area contributed by atoms with Gasteiger partial charge in [0.25, 0.3) is 0 Å². The maximum atomic E-state index is 5.78. The van der Waals surface area contributed by atoms with Gasteiger partial charge < -0.3 is 15.4 Å². The van der Waals surface area contributed by atoms with Crippen molar-refractivity contribution in [3.8, 4) is 0 Å². The van der Waals surface area contributed by atoms with E-state index in [1.807, 2.05) is 0 Å². The summed E-state index contributed by atoms with van der Waals surface area (Å²) in [6.07, 6.45) is 7.81. The van der Waals surface area contributed by atoms with Gasteiger partial charge in [-0.05, 0) is 45.4 Å². The van der Waals surface area contributed by atoms with Crippen LogP contribution in [0.5, 0.6) is 0 Å². The molecule has 0 aromatic heterocycles. The topological polar surface area (TPSA) is 45.7 Å². The second-order valence-electron chi connectivity index (χ2n) is 6.13. The SMILES string of the molecule is CCNC(=NCC1(C)CCCO1)NCC1CCCC1.I. The second kappa shape index (κ2) is 9.07. The first-order valence-electron chi connectivity index (χ1n) is 7.88. The fourth-order valence-corrected chi connectivity index (χ4v) is 3.01. The third-order valence-electron chi connectivity index (χ3n) is 4.25. The Morgan fingerprint density at radius 2 is 2.00 bits per heavy atom. The van der Waals surface area contributed by atoms with Gasteiger partial charge in [-0.1, -0.05) is 12.8 Å². The summed E-state index contributed by atoms with van der Waals surface area (Å²) in [4.78, 5) is 4.70. The van der Waals surface area contributed by atoms with E-state index in [9.17, 15) is 0 Å². The molecule has 5 heteroatoms. The molecule has 0 aromatic carbocycles. The van der Waals surface area contributed by atoms with Crippen molar-refractivity contribution < 1.29 is 4.74 Å². The fourth-order valence-electron chi connectivity index (χ4n) is 3.01. The molecule has 2 fully saturated rings. The van der Waals surface area contributed by atoms with Gasteiger partial charge in [0.2, 0.25) is 0 Å². The van der Waals surface area contributed by atoms with E-state index in [4.69, 9.17) is 9.73 Å². The summed E-state index contributed by atoms with van der Waals surface area (Å²) in [6, 6.07) is 0. The van der Waals surface area contributed by atoms with Gasteiger partial charge >= 0.3 is 0 Å². The highest BCUT2D eigenvalue weighted by Crippen LogP contribution is 2.25. The number of rotatable bonds is 5. The minimum absolute atomic E-state index is 0. The number of hydrogen-bond acceptors (Lipinski definition) is 2. The molecule has 2 N–H and O–H groups in total. The Morgan fingerprint density at radius 3 is 2.60 bits per heavy atom. The molecule has 0 bridgehead atoms. The molecular formula is C15H30IN3O. The average molecular weight is 395 g/mol. The van der Waals surface area contributed by atoms with Crippen molar-refractivity contribution in [2.75, 3.05) is 26.2 Å². The summed E-state index contributed by atoms with van der Waals surface area (Å²) >= 11 is 0. The van der Waals surface area contributed by atoms with Gasteiger partial charge in [-0.3, -0.25) is 4.99 Å². The van der Waals surface area contributed by atoms with Crippen LogP contribution in [0.2, 0.25) is 0 Å². The van der Waals surface area contributed by atoms with Gasteiger partial charge in [-0.25, -0.2) is 0 Å². The summed E-state index contributed by atoms with van der Waals surface area (Å²) in [7, 11) is 0. The third kappa shape index (κ3) is 5.76. The van der Waals surface area contributed by atoms with Crippen molar-refractivity contribution in [2.24, 2.45) is 10.9 Å². The molecule has 0 spiro atoms. The van der Waals surface area contributed by atoms with Crippen molar-refractivity contribution >= 4 is 29.9 Å². The van der Waals surface area contributed by atoms with Crippen molar-refractivity contribution in [2.45, 2.75) is 58.0 Å². The van der Waals surface area contributed by atoms with Gasteiger partial charge in [0.05, 0.1) is 12.1 Å². The Labute approximate surface area is 140 Å². The molecule has 1 heterocycles. The number of nitrogens with one attached hydrogen (secondary N) is 2. The van der Waals surface area contributed by atoms with E-state index in [1.54, 1.807) is 0 Å². The Morgan fingerprint density at radius 1 is 1.25 bits per heavy atom. The molecule has 1 saturated heterocycles. The number of guanidine groups is 1. The molecule has 4 nitrogen and oxygen atoms in total. The average Bonchev–Trinajstić information content (AvgIpc) is 3.05. The van der Waals surface area contributed by atoms with Crippen LogP contribution in [0.15, 0.2) is 4.99 Å². The summed E-state index contributed by atoms with van der Waals surface area (Å²) in [5.41, 5.74) is -0.0459. The van der Waals surface area contributed by atoms with E-state index >= 15 is 0 Å². The van der Waals surface area contributed by atoms with Crippen LogP contribution < -0.4 is 10.6 Å². The highest BCUT2D eigenvalue weighted by Gasteiger charge is 2.29. The Balaban J connectivity index is 0.00000200. The van der Waals surface area contributed by atoms with Crippen LogP contribution in [-0.4, -0.2) is 37.8 Å². The van der Waals surface area contributed by atoms with Crippen molar-refractivity contribution in [1.29, 1.82) is 0 Å². The van der Waals surface area contributed by atoms with Gasteiger partial charge in [0.1, 0.15) is 0 Å². The number of nitrogens with zero attached hydrogens (tertiary/aromatic N) is 1. The van der Waals surface area contributed by atoms with E-state index in [0.29, 0.717) is 0 Å². The minimum atomic E-state index is -0.0459. The second-order valence-corrected chi connectivity index (χ2v) is 6.13. The van der Waals surface area contributed by atoms with Crippen LogP contribution in [0.25, 0.3) is 0 Å². The van der Waals surface area contributed by atoms with Crippen LogP contribution in [0.4, 0.5) is 0 Å². The van der Waals surface area contributed by atoms with Crippen LogP contribution in [0.1, 0.15) is 52.4 Å². The smallest absolute Gasteiger partial charge is 0.191 e. The number of halogens is 1. The molecule has 0 aromatic rings. The lowest BCUT2D eigenvalue weighted by Gasteiger charge is -2.22. The predicted octanol–water partition coefficient (Wildman–Crippen LogP) is 2.92. The molecule has 0 radical (unpaired) electrons. The first-order valence-corrected chi connectivity index (χ1v) is 7.88. The standard InChI is InChI=1S/C15H29N3O.HI/c1-3-16-14(17-11-13-7-4-5-8-13)18-12-15(2)9-6-10-19-15;/h13H,3-12H2,1-2H3,(H2,16,17,18);1H. The molecule has 1 aliphatic carbocycles. The summed E-state index contributed by atoms with van der Waals surface area (Å²) in [6.45, 7) is 7.90. The molecule has 1 atom stereocenters. The van der Waals surface area contributed by atoms with Crippen molar-refractivity contribution in [1.82, 2.24) is 10.6 Å². The molecular weight excluding hydrogens is 365 g/mol. The lowest BCUT2D eigenvalue weighted by Crippen LogP contribution is -2.41. The summed E-state index contributed by atoms with van der Waals surface area (Å²) in [5.74, 6) is 1.79. The van der Waals surface area contributed by atoms with Crippen molar-refractivity contribution in [3.05, 3.63) is 0 Å². The Hall–Kier alpha value is -0.0400. The summed E-state index contributed by atoms with van der Waals surface area (Å²) in [5, 5.41) is 6.82. The molecule has 2 aliphatic rings. The fraction of sp³-hybridized carbons (Fsp3) is 0.933. The lowest BCUT2D eigenvalue weighted by atomic mass is 10.0. The van der Waals surface area contributed by atoms with E-state index in [0.717, 1.165) is 51.0 Å². The van der Waals surface area contributed by atoms with E-state index in [2.05, 4.69) is 24.5 Å². The quantitative estimate of drug-likeness (QED) is 0.428. The minimum Gasteiger partial charge on any atom is -0.373 e. The zero-order chi connectivity index (χ0) is 13.6. The predicted molar refractivity (Wildman–Crippen MR) is 94.9 cm³/mol. The van der Waals surface area contributed by atoms with Crippen LogP contribution >= 0.6 is 24.0 Å². The highest BCUT2D eigenvalue weighted by atomic mass is 127. The maximum Gasteiger partial charge on any atom is 0.191 e. The van der Waals surface area contributed by atoms with Gasteiger partial charge in [-0.2, -0.15) is 0 Å². The van der Waals surface area contributed by atoms with Crippen LogP contribution in [-0.2, 0) is 4.74 Å². The van der Waals surface area contributed by atoms with E-state index in [-0.39, 0.29) is 29.6 Å². The molecule has 1 unspecified atom stereocenters. The number of aliphatic imine (C=N–C) groups is 1. The van der Waals surface area contributed by atoms with Crippen LogP contribution in [0, 0.1) is 5.92 Å². The largest absolute Gasteiger partial charge is 0.373 e. The molecule has 20 heavy (non-hydrogen) atoms.